The van der Waals surface area contributed by atoms with E-state index in [1.54, 1.807) is 0 Å². The summed E-state index contributed by atoms with van der Waals surface area (Å²) < 4.78 is 0. The number of nitrogens with one attached hydrogen (secondary N) is 1. The molecular weight excluding hydrogens is 470 g/mol. The number of hydrogen-bond donors (Lipinski definition) is 3. The highest BCUT2D eigenvalue weighted by atomic mass is 16.3. The second-order valence-electron chi connectivity index (χ2n) is 14.8. The van der Waals surface area contributed by atoms with Crippen LogP contribution in [0.4, 0.5) is 0 Å². The number of aliphatic hydroxyl groups excluding tert-OH is 2. The molecule has 4 heteroatoms. The van der Waals surface area contributed by atoms with Gasteiger partial charge in [0, 0.05) is 19.1 Å². The van der Waals surface area contributed by atoms with Crippen LogP contribution in [0.2, 0.25) is 0 Å². The van der Waals surface area contributed by atoms with Crippen molar-refractivity contribution in [2.45, 2.75) is 131 Å². The minimum atomic E-state index is -0.154. The van der Waals surface area contributed by atoms with Crippen LogP contribution in [0, 0.1) is 52.3 Å². The summed E-state index contributed by atoms with van der Waals surface area (Å²) in [6.07, 6.45) is 17.9. The first kappa shape index (κ1) is 30.1. The van der Waals surface area contributed by atoms with E-state index in [4.69, 9.17) is 5.11 Å². The van der Waals surface area contributed by atoms with Crippen LogP contribution in [-0.4, -0.2) is 35.4 Å². The third-order valence-electron chi connectivity index (χ3n) is 12.0. The Morgan fingerprint density at radius 3 is 2.53 bits per heavy atom. The number of fused-ring (bicyclic) bond motifs is 5. The van der Waals surface area contributed by atoms with Crippen molar-refractivity contribution in [2.24, 2.45) is 52.3 Å². The highest BCUT2D eigenvalue weighted by Gasteiger charge is 2.62. The molecule has 38 heavy (non-hydrogen) atoms. The number of allylic oxidation sites excluding steroid dienone is 1. The van der Waals surface area contributed by atoms with Gasteiger partial charge in [0.25, 0.3) is 0 Å². The van der Waals surface area contributed by atoms with Gasteiger partial charge in [-0.05, 0) is 104 Å². The number of carbonyl (C=O) groups is 1. The van der Waals surface area contributed by atoms with Gasteiger partial charge in [0.05, 0.1) is 6.10 Å². The largest absolute Gasteiger partial charge is 0.396 e. The van der Waals surface area contributed by atoms with Gasteiger partial charge in [0.1, 0.15) is 0 Å². The van der Waals surface area contributed by atoms with Gasteiger partial charge in [-0.25, -0.2) is 0 Å². The Morgan fingerprint density at radius 1 is 1.03 bits per heavy atom. The number of amides is 1. The molecule has 0 aromatic heterocycles. The van der Waals surface area contributed by atoms with Gasteiger partial charge in [-0.1, -0.05) is 78.4 Å². The second kappa shape index (κ2) is 12.8. The van der Waals surface area contributed by atoms with E-state index < -0.39 is 0 Å². The number of rotatable bonds is 12. The van der Waals surface area contributed by atoms with E-state index in [1.807, 2.05) is 0 Å². The lowest BCUT2D eigenvalue weighted by atomic mass is 9.47. The van der Waals surface area contributed by atoms with E-state index in [0.717, 1.165) is 70.3 Å². The fraction of sp³-hybridized carbons (Fsp3) is 0.912. The molecule has 0 aliphatic heterocycles. The van der Waals surface area contributed by atoms with E-state index in [0.29, 0.717) is 35.5 Å². The van der Waals surface area contributed by atoms with Gasteiger partial charge >= 0.3 is 0 Å². The SMILES string of the molecule is CC(C)CCC[C@@H](C)[C@H]1C(C(=O)NCCCCCCO)C[C@H]2[C@@H]3CC=C4C[C@@H](O)CC[C@]4(C)[C@H]3CC[C@]12C. The van der Waals surface area contributed by atoms with Gasteiger partial charge in [0.15, 0.2) is 0 Å². The van der Waals surface area contributed by atoms with Crippen molar-refractivity contribution in [3.05, 3.63) is 11.6 Å². The normalized spacial score (nSPS) is 39.2. The molecular formula is C34H59NO3. The Labute approximate surface area is 233 Å². The molecule has 9 atom stereocenters. The molecule has 0 spiro atoms. The van der Waals surface area contributed by atoms with Crippen LogP contribution < -0.4 is 5.32 Å². The molecule has 0 radical (unpaired) electrons. The van der Waals surface area contributed by atoms with E-state index >= 15 is 0 Å². The first-order valence-electron chi connectivity index (χ1n) is 16.4. The van der Waals surface area contributed by atoms with Gasteiger partial charge in [-0.3, -0.25) is 4.79 Å². The first-order chi connectivity index (χ1) is 18.1. The summed E-state index contributed by atoms with van der Waals surface area (Å²) in [6, 6.07) is 0. The first-order valence-corrected chi connectivity index (χ1v) is 16.4. The Balaban J connectivity index is 1.52. The van der Waals surface area contributed by atoms with Crippen molar-refractivity contribution in [3.8, 4) is 0 Å². The number of unbranched alkanes of at least 4 members (excludes halogenated alkanes) is 3. The molecule has 3 saturated carbocycles. The van der Waals surface area contributed by atoms with Crippen molar-refractivity contribution in [2.75, 3.05) is 13.2 Å². The molecule has 0 aromatic rings. The quantitative estimate of drug-likeness (QED) is 0.184. The fourth-order valence-corrected chi connectivity index (χ4v) is 10.0. The third-order valence-corrected chi connectivity index (χ3v) is 12.0. The molecule has 1 amide bonds. The van der Waals surface area contributed by atoms with E-state index in [-0.39, 0.29) is 29.5 Å². The van der Waals surface area contributed by atoms with Crippen LogP contribution in [0.15, 0.2) is 11.6 Å². The standard InChI is InChI=1S/C34H59NO3/c1-23(2)11-10-12-24(3)31-28(32(38)35-19-8-6-7-9-20-36)22-30-27-14-13-25-21-26(37)15-17-33(25,4)29(27)16-18-34(30,31)5/h13,23-24,26-31,36-37H,6-12,14-22H2,1-5H3,(H,35,38)/t24-,26+,27-,28?,29+,30+,31+,33+,34+/m1/s1. The van der Waals surface area contributed by atoms with Gasteiger partial charge < -0.3 is 15.5 Å². The monoisotopic (exact) mass is 529 g/mol. The summed E-state index contributed by atoms with van der Waals surface area (Å²) in [5, 5.41) is 22.8. The van der Waals surface area contributed by atoms with Gasteiger partial charge in [-0.15, -0.1) is 0 Å². The number of carbonyl (C=O) groups excluding carboxylic acids is 1. The van der Waals surface area contributed by atoms with Crippen LogP contribution in [0.1, 0.15) is 125 Å². The highest BCUT2D eigenvalue weighted by Crippen LogP contribution is 2.68. The second-order valence-corrected chi connectivity index (χ2v) is 14.8. The summed E-state index contributed by atoms with van der Waals surface area (Å²) in [5.41, 5.74) is 2.03. The van der Waals surface area contributed by atoms with Gasteiger partial charge in [-0.2, -0.15) is 0 Å². The molecule has 4 aliphatic carbocycles. The minimum absolute atomic E-state index is 0.140. The van der Waals surface area contributed by atoms with Crippen LogP contribution in [0.5, 0.6) is 0 Å². The van der Waals surface area contributed by atoms with Crippen molar-refractivity contribution in [3.63, 3.8) is 0 Å². The summed E-state index contributed by atoms with van der Waals surface area (Å²) >= 11 is 0. The maximum Gasteiger partial charge on any atom is 0.223 e. The molecule has 3 fully saturated rings. The van der Waals surface area contributed by atoms with Crippen molar-refractivity contribution in [1.82, 2.24) is 5.32 Å². The maximum atomic E-state index is 13.8. The van der Waals surface area contributed by atoms with Crippen LogP contribution in [-0.2, 0) is 4.79 Å². The predicted octanol–water partition coefficient (Wildman–Crippen LogP) is 7.28. The molecule has 4 nitrogen and oxygen atoms in total. The lowest BCUT2D eigenvalue weighted by Gasteiger charge is -2.58. The molecule has 3 N–H and O–H groups in total. The number of aliphatic hydroxyl groups is 2. The topological polar surface area (TPSA) is 69.6 Å². The van der Waals surface area contributed by atoms with Crippen LogP contribution in [0.25, 0.3) is 0 Å². The average Bonchev–Trinajstić information content (AvgIpc) is 3.19. The van der Waals surface area contributed by atoms with Crippen molar-refractivity contribution in [1.29, 1.82) is 0 Å². The fourth-order valence-electron chi connectivity index (χ4n) is 10.0. The molecule has 4 aliphatic rings. The Morgan fingerprint density at radius 2 is 1.79 bits per heavy atom. The summed E-state index contributed by atoms with van der Waals surface area (Å²) in [6.45, 7) is 13.2. The Hall–Kier alpha value is -0.870. The lowest BCUT2D eigenvalue weighted by Crippen LogP contribution is -2.51. The zero-order chi connectivity index (χ0) is 27.5. The molecule has 4 rings (SSSR count). The van der Waals surface area contributed by atoms with E-state index in [9.17, 15) is 9.90 Å². The molecule has 1 unspecified atom stereocenters. The van der Waals surface area contributed by atoms with E-state index in [1.165, 1.54) is 37.7 Å². The van der Waals surface area contributed by atoms with Crippen LogP contribution >= 0.6 is 0 Å². The average molecular weight is 530 g/mol. The zero-order valence-electron chi connectivity index (χ0n) is 25.3. The maximum absolute atomic E-state index is 13.8. The summed E-state index contributed by atoms with van der Waals surface area (Å²) in [4.78, 5) is 13.8. The molecule has 0 aromatic carbocycles. The lowest BCUT2D eigenvalue weighted by molar-refractivity contribution is -0.128. The highest BCUT2D eigenvalue weighted by molar-refractivity contribution is 5.79. The Kier molecular flexibility index (Phi) is 10.1. The summed E-state index contributed by atoms with van der Waals surface area (Å²) in [5.74, 6) is 4.27. The third kappa shape index (κ3) is 6.07. The molecule has 218 valence electrons. The molecule has 0 heterocycles. The van der Waals surface area contributed by atoms with Crippen molar-refractivity contribution < 1.29 is 15.0 Å². The number of hydrogen-bond acceptors (Lipinski definition) is 3. The van der Waals surface area contributed by atoms with Crippen LogP contribution in [0.3, 0.4) is 0 Å². The molecule has 0 saturated heterocycles. The predicted molar refractivity (Wildman–Crippen MR) is 156 cm³/mol. The minimum Gasteiger partial charge on any atom is -0.396 e. The smallest absolute Gasteiger partial charge is 0.223 e. The van der Waals surface area contributed by atoms with Gasteiger partial charge in [0.2, 0.25) is 5.91 Å². The summed E-state index contributed by atoms with van der Waals surface area (Å²) in [7, 11) is 0. The Bertz CT molecular complexity index is 823. The van der Waals surface area contributed by atoms with E-state index in [2.05, 4.69) is 46.0 Å². The molecule has 0 bridgehead atoms. The zero-order valence-corrected chi connectivity index (χ0v) is 25.3. The van der Waals surface area contributed by atoms with Crippen molar-refractivity contribution >= 4 is 5.91 Å².